The van der Waals surface area contributed by atoms with Crippen LogP contribution in [0.15, 0.2) is 35.1 Å². The Morgan fingerprint density at radius 2 is 2.26 bits per heavy atom. The molecule has 1 heterocycles. The summed E-state index contributed by atoms with van der Waals surface area (Å²) in [5.41, 5.74) is 2.86. The first-order chi connectivity index (χ1) is 9.06. The van der Waals surface area contributed by atoms with Gasteiger partial charge in [0.25, 0.3) is 5.91 Å². The number of aromatic nitrogens is 2. The van der Waals surface area contributed by atoms with Crippen molar-refractivity contribution in [1.82, 2.24) is 15.1 Å². The predicted octanol–water partition coefficient (Wildman–Crippen LogP) is 2.46. The van der Waals surface area contributed by atoms with Crippen LogP contribution in [0.4, 0.5) is 0 Å². The van der Waals surface area contributed by atoms with Gasteiger partial charge in [-0.2, -0.15) is 5.10 Å². The molecule has 0 aliphatic rings. The Hall–Kier alpha value is -1.62. The number of amides is 1. The van der Waals surface area contributed by atoms with E-state index in [1.807, 2.05) is 44.6 Å². The van der Waals surface area contributed by atoms with E-state index >= 15 is 0 Å². The molecule has 0 spiro atoms. The van der Waals surface area contributed by atoms with E-state index < -0.39 is 0 Å². The van der Waals surface area contributed by atoms with Gasteiger partial charge in [0.05, 0.1) is 11.8 Å². The normalized spacial score (nSPS) is 10.5. The number of carbonyl (C=O) groups excluding carboxylic acids is 1. The lowest BCUT2D eigenvalue weighted by molar-refractivity contribution is 0.0953. The van der Waals surface area contributed by atoms with Crippen molar-refractivity contribution in [3.8, 4) is 0 Å². The second kappa shape index (κ2) is 6.02. The summed E-state index contributed by atoms with van der Waals surface area (Å²) in [4.78, 5) is 12.1. The summed E-state index contributed by atoms with van der Waals surface area (Å²) < 4.78 is 2.57. The Kier molecular flexibility index (Phi) is 4.37. The molecule has 0 saturated carbocycles. The van der Waals surface area contributed by atoms with E-state index in [1.54, 1.807) is 4.68 Å². The first-order valence-electron chi connectivity index (χ1n) is 6.08. The molecule has 0 saturated heterocycles. The minimum absolute atomic E-state index is 0.0561. The standard InChI is InChI=1S/C14H16BrN3O/c1-10-3-4-13(15)12(7-10)14(19)16-6-5-11-8-17-18(2)9-11/h3-4,7-9H,5-6H2,1-2H3,(H,16,19). The van der Waals surface area contributed by atoms with Crippen LogP contribution < -0.4 is 5.32 Å². The fraction of sp³-hybridized carbons (Fsp3) is 0.286. The van der Waals surface area contributed by atoms with Gasteiger partial charge >= 0.3 is 0 Å². The van der Waals surface area contributed by atoms with Crippen molar-refractivity contribution in [1.29, 1.82) is 0 Å². The van der Waals surface area contributed by atoms with Gasteiger partial charge in [-0.15, -0.1) is 0 Å². The van der Waals surface area contributed by atoms with E-state index in [2.05, 4.69) is 26.3 Å². The van der Waals surface area contributed by atoms with Crippen LogP contribution in [0.5, 0.6) is 0 Å². The Labute approximate surface area is 120 Å². The van der Waals surface area contributed by atoms with Crippen molar-refractivity contribution >= 4 is 21.8 Å². The fourth-order valence-electron chi connectivity index (χ4n) is 1.83. The molecular weight excluding hydrogens is 306 g/mol. The molecule has 0 aliphatic heterocycles. The van der Waals surface area contributed by atoms with E-state index in [0.29, 0.717) is 12.1 Å². The summed E-state index contributed by atoms with van der Waals surface area (Å²) >= 11 is 3.40. The summed E-state index contributed by atoms with van der Waals surface area (Å²) in [5.74, 6) is -0.0561. The molecule has 0 atom stereocenters. The highest BCUT2D eigenvalue weighted by Gasteiger charge is 2.09. The molecule has 19 heavy (non-hydrogen) atoms. The zero-order valence-corrected chi connectivity index (χ0v) is 12.6. The average Bonchev–Trinajstić information content (AvgIpc) is 2.78. The molecule has 100 valence electrons. The van der Waals surface area contributed by atoms with E-state index in [0.717, 1.165) is 22.0 Å². The summed E-state index contributed by atoms with van der Waals surface area (Å²) in [6.45, 7) is 2.57. The zero-order chi connectivity index (χ0) is 13.8. The van der Waals surface area contributed by atoms with Crippen molar-refractivity contribution in [2.24, 2.45) is 7.05 Å². The molecule has 5 heteroatoms. The van der Waals surface area contributed by atoms with Gasteiger partial charge in [-0.25, -0.2) is 0 Å². The zero-order valence-electron chi connectivity index (χ0n) is 11.0. The van der Waals surface area contributed by atoms with Crippen molar-refractivity contribution in [3.63, 3.8) is 0 Å². The third-order valence-electron chi connectivity index (χ3n) is 2.82. The van der Waals surface area contributed by atoms with Crippen LogP contribution in [0.25, 0.3) is 0 Å². The molecule has 0 bridgehead atoms. The Morgan fingerprint density at radius 1 is 1.47 bits per heavy atom. The molecule has 0 unspecified atom stereocenters. The molecule has 0 aliphatic carbocycles. The number of hydrogen-bond acceptors (Lipinski definition) is 2. The number of rotatable bonds is 4. The van der Waals surface area contributed by atoms with E-state index in [4.69, 9.17) is 0 Å². The smallest absolute Gasteiger partial charge is 0.252 e. The predicted molar refractivity (Wildman–Crippen MR) is 78.1 cm³/mol. The van der Waals surface area contributed by atoms with Crippen LogP contribution in [0, 0.1) is 6.92 Å². The molecule has 1 N–H and O–H groups in total. The topological polar surface area (TPSA) is 46.9 Å². The van der Waals surface area contributed by atoms with Crippen LogP contribution in [0.2, 0.25) is 0 Å². The van der Waals surface area contributed by atoms with E-state index in [-0.39, 0.29) is 5.91 Å². The highest BCUT2D eigenvalue weighted by atomic mass is 79.9. The number of nitrogens with zero attached hydrogens (tertiary/aromatic N) is 2. The summed E-state index contributed by atoms with van der Waals surface area (Å²) in [6, 6.07) is 5.74. The number of nitrogens with one attached hydrogen (secondary N) is 1. The minimum Gasteiger partial charge on any atom is -0.352 e. The Balaban J connectivity index is 1.92. The highest BCUT2D eigenvalue weighted by molar-refractivity contribution is 9.10. The highest BCUT2D eigenvalue weighted by Crippen LogP contribution is 2.17. The molecule has 4 nitrogen and oxygen atoms in total. The van der Waals surface area contributed by atoms with Crippen molar-refractivity contribution < 1.29 is 4.79 Å². The first kappa shape index (κ1) is 13.8. The number of benzene rings is 1. The van der Waals surface area contributed by atoms with Gasteiger partial charge in [0, 0.05) is 24.3 Å². The maximum absolute atomic E-state index is 12.1. The SMILES string of the molecule is Cc1ccc(Br)c(C(=O)NCCc2cnn(C)c2)c1. The minimum atomic E-state index is -0.0561. The van der Waals surface area contributed by atoms with Gasteiger partial charge in [0.1, 0.15) is 0 Å². The Morgan fingerprint density at radius 3 is 2.95 bits per heavy atom. The number of aryl methyl sites for hydroxylation is 2. The van der Waals surface area contributed by atoms with Crippen LogP contribution >= 0.6 is 15.9 Å². The van der Waals surface area contributed by atoms with Crippen LogP contribution in [0.1, 0.15) is 21.5 Å². The van der Waals surface area contributed by atoms with E-state index in [1.165, 1.54) is 0 Å². The van der Waals surface area contributed by atoms with Crippen molar-refractivity contribution in [3.05, 3.63) is 51.8 Å². The van der Waals surface area contributed by atoms with Gasteiger partial charge in [-0.1, -0.05) is 11.6 Å². The molecule has 2 rings (SSSR count). The van der Waals surface area contributed by atoms with Gasteiger partial charge in [-0.05, 0) is 47.0 Å². The molecule has 2 aromatic rings. The van der Waals surface area contributed by atoms with Crippen LogP contribution in [0.3, 0.4) is 0 Å². The van der Waals surface area contributed by atoms with E-state index in [9.17, 15) is 4.79 Å². The van der Waals surface area contributed by atoms with Crippen molar-refractivity contribution in [2.45, 2.75) is 13.3 Å². The lowest BCUT2D eigenvalue weighted by Gasteiger charge is -2.07. The number of halogens is 1. The molecule has 0 fully saturated rings. The largest absolute Gasteiger partial charge is 0.352 e. The third-order valence-corrected chi connectivity index (χ3v) is 3.52. The second-order valence-corrected chi connectivity index (χ2v) is 5.37. The molecule has 1 amide bonds. The van der Waals surface area contributed by atoms with Gasteiger partial charge in [0.15, 0.2) is 0 Å². The molecular formula is C14H16BrN3O. The van der Waals surface area contributed by atoms with Crippen LogP contribution in [-0.2, 0) is 13.5 Å². The second-order valence-electron chi connectivity index (χ2n) is 4.51. The summed E-state index contributed by atoms with van der Waals surface area (Å²) in [7, 11) is 1.88. The molecule has 0 radical (unpaired) electrons. The first-order valence-corrected chi connectivity index (χ1v) is 6.87. The fourth-order valence-corrected chi connectivity index (χ4v) is 2.26. The summed E-state index contributed by atoms with van der Waals surface area (Å²) in [6.07, 6.45) is 4.55. The summed E-state index contributed by atoms with van der Waals surface area (Å²) in [5, 5.41) is 7.01. The number of carbonyl (C=O) groups is 1. The molecule has 1 aromatic heterocycles. The average molecular weight is 322 g/mol. The Bertz CT molecular complexity index is 592. The monoisotopic (exact) mass is 321 g/mol. The maximum atomic E-state index is 12.1. The van der Waals surface area contributed by atoms with Crippen molar-refractivity contribution in [2.75, 3.05) is 6.54 Å². The number of hydrogen-bond donors (Lipinski definition) is 1. The molecule has 1 aromatic carbocycles. The van der Waals surface area contributed by atoms with Crippen LogP contribution in [-0.4, -0.2) is 22.2 Å². The maximum Gasteiger partial charge on any atom is 0.252 e. The van der Waals surface area contributed by atoms with Gasteiger partial charge < -0.3 is 5.32 Å². The van der Waals surface area contributed by atoms with Gasteiger partial charge in [-0.3, -0.25) is 9.48 Å². The third kappa shape index (κ3) is 3.67. The lowest BCUT2D eigenvalue weighted by Crippen LogP contribution is -2.26. The lowest BCUT2D eigenvalue weighted by atomic mass is 10.1. The quantitative estimate of drug-likeness (QED) is 0.940. The van der Waals surface area contributed by atoms with Gasteiger partial charge in [0.2, 0.25) is 0 Å².